The zero-order valence-electron chi connectivity index (χ0n) is 9.61. The molecule has 3 rings (SSSR count). The Balaban J connectivity index is 1.85. The third-order valence-electron chi connectivity index (χ3n) is 2.60. The van der Waals surface area contributed by atoms with E-state index in [1.54, 1.807) is 6.20 Å². The molecule has 0 unspecified atom stereocenters. The largest absolute Gasteiger partial charge is 0.440 e. The SMILES string of the molecule is Nc1nc(Sc2ncco2)nc(N2CCCC2)n1. The van der Waals surface area contributed by atoms with E-state index < -0.39 is 0 Å². The summed E-state index contributed by atoms with van der Waals surface area (Å²) in [5, 5.41) is 1.000. The van der Waals surface area contributed by atoms with Gasteiger partial charge in [0.2, 0.25) is 17.1 Å². The quantitative estimate of drug-likeness (QED) is 0.883. The van der Waals surface area contributed by atoms with Gasteiger partial charge < -0.3 is 15.1 Å². The minimum Gasteiger partial charge on any atom is -0.440 e. The highest BCUT2D eigenvalue weighted by atomic mass is 32.2. The molecule has 18 heavy (non-hydrogen) atoms. The molecule has 0 amide bonds. The fraction of sp³-hybridized carbons (Fsp3) is 0.400. The van der Waals surface area contributed by atoms with Gasteiger partial charge in [-0.2, -0.15) is 15.0 Å². The molecule has 94 valence electrons. The van der Waals surface area contributed by atoms with Gasteiger partial charge in [-0.25, -0.2) is 4.98 Å². The molecule has 0 bridgehead atoms. The maximum Gasteiger partial charge on any atom is 0.263 e. The van der Waals surface area contributed by atoms with E-state index >= 15 is 0 Å². The Hall–Kier alpha value is -1.83. The second kappa shape index (κ2) is 4.81. The molecule has 3 heterocycles. The number of nitrogen functional groups attached to an aromatic ring is 1. The van der Waals surface area contributed by atoms with Gasteiger partial charge in [-0.1, -0.05) is 0 Å². The van der Waals surface area contributed by atoms with Crippen LogP contribution < -0.4 is 10.6 Å². The Morgan fingerprint density at radius 3 is 2.78 bits per heavy atom. The fourth-order valence-corrected chi connectivity index (χ4v) is 2.44. The maximum atomic E-state index is 5.70. The molecular weight excluding hydrogens is 252 g/mol. The second-order valence-corrected chi connectivity index (χ2v) is 4.79. The smallest absolute Gasteiger partial charge is 0.263 e. The molecule has 0 aliphatic carbocycles. The molecule has 8 heteroatoms. The van der Waals surface area contributed by atoms with Crippen molar-refractivity contribution < 1.29 is 4.42 Å². The van der Waals surface area contributed by atoms with Crippen LogP contribution in [0.2, 0.25) is 0 Å². The maximum absolute atomic E-state index is 5.70. The van der Waals surface area contributed by atoms with Crippen LogP contribution in [0.1, 0.15) is 12.8 Å². The average molecular weight is 264 g/mol. The third-order valence-corrected chi connectivity index (χ3v) is 3.34. The predicted molar refractivity (Wildman–Crippen MR) is 66.3 cm³/mol. The van der Waals surface area contributed by atoms with Crippen molar-refractivity contribution in [1.29, 1.82) is 0 Å². The minimum atomic E-state index is 0.223. The number of nitrogens with zero attached hydrogens (tertiary/aromatic N) is 5. The first kappa shape index (κ1) is 11.3. The molecule has 0 atom stereocenters. The number of oxazole rings is 1. The lowest BCUT2D eigenvalue weighted by molar-refractivity contribution is 0.453. The van der Waals surface area contributed by atoms with Crippen LogP contribution in [-0.2, 0) is 0 Å². The van der Waals surface area contributed by atoms with Gasteiger partial charge in [-0.05, 0) is 12.8 Å². The predicted octanol–water partition coefficient (Wildman–Crippen LogP) is 1.19. The zero-order chi connectivity index (χ0) is 12.4. The molecule has 0 radical (unpaired) electrons. The molecule has 2 N–H and O–H groups in total. The zero-order valence-corrected chi connectivity index (χ0v) is 10.4. The number of anilines is 2. The molecule has 2 aromatic heterocycles. The van der Waals surface area contributed by atoms with Gasteiger partial charge in [0.15, 0.2) is 0 Å². The topological polar surface area (TPSA) is 94.0 Å². The first-order valence-electron chi connectivity index (χ1n) is 5.65. The minimum absolute atomic E-state index is 0.223. The molecule has 1 aliphatic heterocycles. The Bertz CT molecular complexity index is 525. The van der Waals surface area contributed by atoms with Crippen molar-refractivity contribution in [2.24, 2.45) is 0 Å². The van der Waals surface area contributed by atoms with Crippen LogP contribution in [0, 0.1) is 0 Å². The van der Waals surface area contributed by atoms with Crippen molar-refractivity contribution in [3.05, 3.63) is 12.5 Å². The van der Waals surface area contributed by atoms with Gasteiger partial charge in [0.1, 0.15) is 6.26 Å². The summed E-state index contributed by atoms with van der Waals surface area (Å²) in [4.78, 5) is 18.7. The summed E-state index contributed by atoms with van der Waals surface area (Å²) >= 11 is 1.23. The van der Waals surface area contributed by atoms with Crippen molar-refractivity contribution >= 4 is 23.7 Å². The highest BCUT2D eigenvalue weighted by molar-refractivity contribution is 7.98. The van der Waals surface area contributed by atoms with Gasteiger partial charge in [-0.15, -0.1) is 0 Å². The summed E-state index contributed by atoms with van der Waals surface area (Å²) in [5.41, 5.74) is 5.70. The van der Waals surface area contributed by atoms with Gasteiger partial charge in [0.05, 0.1) is 6.20 Å². The van der Waals surface area contributed by atoms with E-state index in [-0.39, 0.29) is 5.95 Å². The summed E-state index contributed by atoms with van der Waals surface area (Å²) in [7, 11) is 0. The number of aromatic nitrogens is 4. The molecule has 1 aliphatic rings. The average Bonchev–Trinajstić information content (AvgIpc) is 3.00. The van der Waals surface area contributed by atoms with Crippen LogP contribution in [-0.4, -0.2) is 33.0 Å². The van der Waals surface area contributed by atoms with Crippen LogP contribution in [0.5, 0.6) is 0 Å². The van der Waals surface area contributed by atoms with Gasteiger partial charge >= 0.3 is 0 Å². The summed E-state index contributed by atoms with van der Waals surface area (Å²) in [6.07, 6.45) is 5.41. The highest BCUT2D eigenvalue weighted by Gasteiger charge is 2.17. The second-order valence-electron chi connectivity index (χ2n) is 3.87. The van der Waals surface area contributed by atoms with E-state index in [2.05, 4.69) is 24.8 Å². The van der Waals surface area contributed by atoms with Crippen LogP contribution in [0.3, 0.4) is 0 Å². The molecule has 2 aromatic rings. The van der Waals surface area contributed by atoms with Crippen LogP contribution in [0.4, 0.5) is 11.9 Å². The van der Waals surface area contributed by atoms with Crippen molar-refractivity contribution in [1.82, 2.24) is 19.9 Å². The normalized spacial score (nSPS) is 15.2. The molecule has 7 nitrogen and oxygen atoms in total. The first-order chi connectivity index (χ1) is 8.81. The lowest BCUT2D eigenvalue weighted by Crippen LogP contribution is -2.21. The lowest BCUT2D eigenvalue weighted by atomic mass is 10.4. The molecule has 1 saturated heterocycles. The van der Waals surface area contributed by atoms with E-state index in [0.29, 0.717) is 16.3 Å². The van der Waals surface area contributed by atoms with Crippen LogP contribution >= 0.6 is 11.8 Å². The summed E-state index contributed by atoms with van der Waals surface area (Å²) < 4.78 is 5.14. The van der Waals surface area contributed by atoms with Crippen molar-refractivity contribution in [2.45, 2.75) is 23.2 Å². The Labute approximate surface area is 108 Å². The summed E-state index contributed by atoms with van der Waals surface area (Å²) in [6.45, 7) is 1.93. The van der Waals surface area contributed by atoms with E-state index in [1.807, 2.05) is 0 Å². The van der Waals surface area contributed by atoms with Gasteiger partial charge in [-0.3, -0.25) is 0 Å². The molecule has 0 spiro atoms. The number of hydrogen-bond donors (Lipinski definition) is 1. The summed E-state index contributed by atoms with van der Waals surface area (Å²) in [5.74, 6) is 0.856. The fourth-order valence-electron chi connectivity index (χ4n) is 1.80. The standard InChI is InChI=1S/C10H12N6OS/c11-7-13-8(16-4-1-2-5-16)15-9(14-7)18-10-12-3-6-17-10/h3,6H,1-2,4-5H2,(H2,11,13,14,15). The number of rotatable bonds is 3. The van der Waals surface area contributed by atoms with E-state index in [0.717, 1.165) is 25.9 Å². The lowest BCUT2D eigenvalue weighted by Gasteiger charge is -2.15. The number of hydrogen-bond acceptors (Lipinski definition) is 8. The van der Waals surface area contributed by atoms with Crippen molar-refractivity contribution in [3.63, 3.8) is 0 Å². The van der Waals surface area contributed by atoms with Crippen LogP contribution in [0.15, 0.2) is 27.3 Å². The molecule has 0 saturated carbocycles. The highest BCUT2D eigenvalue weighted by Crippen LogP contribution is 2.25. The Kier molecular flexibility index (Phi) is 3.01. The first-order valence-corrected chi connectivity index (χ1v) is 6.47. The third kappa shape index (κ3) is 2.37. The Morgan fingerprint density at radius 2 is 2.06 bits per heavy atom. The van der Waals surface area contributed by atoms with E-state index in [1.165, 1.54) is 18.0 Å². The molecular formula is C10H12N6OS. The Morgan fingerprint density at radius 1 is 1.22 bits per heavy atom. The van der Waals surface area contributed by atoms with Gasteiger partial charge in [0.25, 0.3) is 5.22 Å². The molecule has 0 aromatic carbocycles. The van der Waals surface area contributed by atoms with E-state index in [9.17, 15) is 0 Å². The van der Waals surface area contributed by atoms with Crippen molar-refractivity contribution in [3.8, 4) is 0 Å². The summed E-state index contributed by atoms with van der Waals surface area (Å²) in [6, 6.07) is 0. The van der Waals surface area contributed by atoms with E-state index in [4.69, 9.17) is 10.2 Å². The van der Waals surface area contributed by atoms with Crippen molar-refractivity contribution in [2.75, 3.05) is 23.7 Å². The monoisotopic (exact) mass is 264 g/mol. The van der Waals surface area contributed by atoms with Crippen LogP contribution in [0.25, 0.3) is 0 Å². The number of nitrogens with two attached hydrogens (primary N) is 1. The molecule has 1 fully saturated rings. The van der Waals surface area contributed by atoms with Gasteiger partial charge in [0, 0.05) is 24.9 Å².